The van der Waals surface area contributed by atoms with E-state index in [0.29, 0.717) is 34.7 Å². The Bertz CT molecular complexity index is 2330. The Kier molecular flexibility index (Phi) is 6.09. The fourth-order valence-corrected chi connectivity index (χ4v) is 6.85. The van der Waals surface area contributed by atoms with E-state index in [1.54, 1.807) is 0 Å². The molecule has 2 aliphatic rings. The van der Waals surface area contributed by atoms with Crippen molar-refractivity contribution in [3.05, 3.63) is 151 Å². The van der Waals surface area contributed by atoms with Crippen LogP contribution in [0, 0.1) is 0 Å². The number of fused-ring (bicyclic) bond motifs is 6. The van der Waals surface area contributed by atoms with E-state index in [0.717, 1.165) is 39.1 Å². The van der Waals surface area contributed by atoms with Gasteiger partial charge in [0.15, 0.2) is 40.5 Å². The first-order valence-electron chi connectivity index (χ1n) is 15.8. The molecule has 47 heavy (non-hydrogen) atoms. The normalized spacial score (nSPS) is 13.4. The molecule has 0 radical (unpaired) electrons. The van der Waals surface area contributed by atoms with Gasteiger partial charge in [-0.2, -0.15) is 0 Å². The van der Waals surface area contributed by atoms with E-state index in [1.165, 1.54) is 16.7 Å². The summed E-state index contributed by atoms with van der Waals surface area (Å²) in [5.41, 5.74) is 9.45. The summed E-state index contributed by atoms with van der Waals surface area (Å²) < 4.78 is 13.2. The molecule has 0 atom stereocenters. The van der Waals surface area contributed by atoms with E-state index in [9.17, 15) is 0 Å². The molecule has 2 heterocycles. The van der Waals surface area contributed by atoms with E-state index >= 15 is 0 Å². The van der Waals surface area contributed by atoms with E-state index < -0.39 is 0 Å². The predicted octanol–water partition coefficient (Wildman–Crippen LogP) is 10.7. The molecule has 0 spiro atoms. The third-order valence-corrected chi connectivity index (χ3v) is 9.22. The molecule has 9 rings (SSSR count). The zero-order chi connectivity index (χ0) is 31.5. The lowest BCUT2D eigenvalue weighted by molar-refractivity contribution is 0.360. The van der Waals surface area contributed by atoms with Gasteiger partial charge in [0, 0.05) is 27.7 Å². The number of nitrogens with zero attached hydrogens (tertiary/aromatic N) is 3. The summed E-state index contributed by atoms with van der Waals surface area (Å²) in [7, 11) is 0. The molecule has 1 aliphatic carbocycles. The van der Waals surface area contributed by atoms with Crippen LogP contribution in [0.4, 0.5) is 0 Å². The molecule has 0 saturated heterocycles. The monoisotopic (exact) mass is 607 g/mol. The predicted molar refractivity (Wildman–Crippen MR) is 186 cm³/mol. The molecule has 224 valence electrons. The maximum Gasteiger partial charge on any atom is 0.178 e. The molecule has 1 aromatic heterocycles. The third kappa shape index (κ3) is 4.43. The quantitative estimate of drug-likeness (QED) is 0.199. The molecule has 6 aromatic carbocycles. The largest absolute Gasteiger partial charge is 0.449 e. The number of benzene rings is 6. The minimum absolute atomic E-state index is 0.141. The maximum absolute atomic E-state index is 6.74. The van der Waals surface area contributed by atoms with Crippen molar-refractivity contribution in [2.24, 2.45) is 0 Å². The fraction of sp³-hybridized carbons (Fsp3) is 0.0714. The molecule has 0 bridgehead atoms. The van der Waals surface area contributed by atoms with Crippen LogP contribution in [0.5, 0.6) is 23.0 Å². The second-order valence-corrected chi connectivity index (χ2v) is 12.4. The number of aromatic nitrogens is 3. The van der Waals surface area contributed by atoms with Gasteiger partial charge < -0.3 is 9.47 Å². The van der Waals surface area contributed by atoms with Crippen LogP contribution >= 0.6 is 0 Å². The van der Waals surface area contributed by atoms with Gasteiger partial charge in [0.05, 0.1) is 0 Å². The Morgan fingerprint density at radius 2 is 1.02 bits per heavy atom. The van der Waals surface area contributed by atoms with Crippen LogP contribution in [-0.4, -0.2) is 15.0 Å². The first-order valence-corrected chi connectivity index (χ1v) is 15.8. The summed E-state index contributed by atoms with van der Waals surface area (Å²) in [4.78, 5) is 15.0. The van der Waals surface area contributed by atoms with Crippen molar-refractivity contribution >= 4 is 0 Å². The Labute approximate surface area is 273 Å². The lowest BCUT2D eigenvalue weighted by Gasteiger charge is -2.25. The minimum Gasteiger partial charge on any atom is -0.449 e. The summed E-state index contributed by atoms with van der Waals surface area (Å²) in [5.74, 6) is 4.48. The van der Waals surface area contributed by atoms with Crippen molar-refractivity contribution in [2.75, 3.05) is 0 Å². The average molecular weight is 608 g/mol. The smallest absolute Gasteiger partial charge is 0.178 e. The van der Waals surface area contributed by atoms with Crippen LogP contribution < -0.4 is 9.47 Å². The van der Waals surface area contributed by atoms with Gasteiger partial charge >= 0.3 is 0 Å². The summed E-state index contributed by atoms with van der Waals surface area (Å²) in [6, 6.07) is 47.2. The molecule has 0 amide bonds. The zero-order valence-corrected chi connectivity index (χ0v) is 25.9. The average Bonchev–Trinajstić information content (AvgIpc) is 3.37. The second kappa shape index (κ2) is 10.5. The summed E-state index contributed by atoms with van der Waals surface area (Å²) in [5, 5.41) is 0. The summed E-state index contributed by atoms with van der Waals surface area (Å²) >= 11 is 0. The highest BCUT2D eigenvalue weighted by Gasteiger charge is 2.39. The maximum atomic E-state index is 6.74. The molecule has 1 aliphatic heterocycles. The number of hydrogen-bond acceptors (Lipinski definition) is 5. The topological polar surface area (TPSA) is 57.1 Å². The van der Waals surface area contributed by atoms with Crippen LogP contribution in [0.2, 0.25) is 0 Å². The van der Waals surface area contributed by atoms with Crippen molar-refractivity contribution in [3.8, 4) is 79.4 Å². The van der Waals surface area contributed by atoms with Crippen LogP contribution in [0.3, 0.4) is 0 Å². The molecule has 0 N–H and O–H groups in total. The van der Waals surface area contributed by atoms with E-state index in [-0.39, 0.29) is 5.41 Å². The van der Waals surface area contributed by atoms with Crippen molar-refractivity contribution in [3.63, 3.8) is 0 Å². The Morgan fingerprint density at radius 1 is 0.426 bits per heavy atom. The molecule has 7 aromatic rings. The van der Waals surface area contributed by atoms with E-state index in [2.05, 4.69) is 68.4 Å². The van der Waals surface area contributed by atoms with Gasteiger partial charge in [-0.25, -0.2) is 15.0 Å². The van der Waals surface area contributed by atoms with Gasteiger partial charge in [-0.15, -0.1) is 0 Å². The Morgan fingerprint density at radius 3 is 1.79 bits per heavy atom. The molecule has 0 unspecified atom stereocenters. The zero-order valence-electron chi connectivity index (χ0n) is 25.9. The van der Waals surface area contributed by atoms with Crippen LogP contribution in [0.15, 0.2) is 140 Å². The minimum atomic E-state index is -0.141. The van der Waals surface area contributed by atoms with E-state index in [1.807, 2.05) is 84.9 Å². The highest BCUT2D eigenvalue weighted by molar-refractivity contribution is 5.88. The van der Waals surface area contributed by atoms with Gasteiger partial charge in [0.25, 0.3) is 0 Å². The van der Waals surface area contributed by atoms with Crippen molar-refractivity contribution in [2.45, 2.75) is 19.3 Å². The lowest BCUT2D eigenvalue weighted by Crippen LogP contribution is -2.15. The first kappa shape index (κ1) is 27.3. The SMILES string of the molecule is CC1(C)c2ccccc2-c2c1ccc1c2Oc2cc(-c3nc(-c4ccccc4)nc(-c4ccccc4-c4ccccc4)n3)ccc2O1. The molecule has 0 fully saturated rings. The molecular weight excluding hydrogens is 578 g/mol. The fourth-order valence-electron chi connectivity index (χ4n) is 6.85. The number of ether oxygens (including phenoxy) is 2. The molecule has 5 nitrogen and oxygen atoms in total. The summed E-state index contributed by atoms with van der Waals surface area (Å²) in [6.45, 7) is 4.52. The molecule has 0 saturated carbocycles. The van der Waals surface area contributed by atoms with Gasteiger partial charge in [0.2, 0.25) is 0 Å². The van der Waals surface area contributed by atoms with Crippen molar-refractivity contribution < 1.29 is 9.47 Å². The highest BCUT2D eigenvalue weighted by Crippen LogP contribution is 2.58. The standard InChI is InChI=1S/C42H29N3O2/c1-42(2)32-20-12-11-19-31(32)37-33(42)22-24-35-38(37)47-36-25-28(21-23-34(36)46-35)40-43-39(27-15-7-4-8-16-27)44-41(45-40)30-18-10-9-17-29(30)26-13-5-3-6-14-26/h3-25H,1-2H3. The van der Waals surface area contributed by atoms with Crippen LogP contribution in [0.1, 0.15) is 25.0 Å². The van der Waals surface area contributed by atoms with E-state index in [4.69, 9.17) is 24.4 Å². The Balaban J connectivity index is 1.18. The summed E-state index contributed by atoms with van der Waals surface area (Å²) in [6.07, 6.45) is 0. The van der Waals surface area contributed by atoms with Crippen molar-refractivity contribution in [1.29, 1.82) is 0 Å². The molecular formula is C42H29N3O2. The number of hydrogen-bond donors (Lipinski definition) is 0. The lowest BCUT2D eigenvalue weighted by atomic mass is 9.82. The number of rotatable bonds is 4. The Hall–Kier alpha value is -6.07. The van der Waals surface area contributed by atoms with Gasteiger partial charge in [-0.05, 0) is 52.1 Å². The molecule has 5 heteroatoms. The first-order chi connectivity index (χ1) is 23.0. The highest BCUT2D eigenvalue weighted by atomic mass is 16.6. The van der Waals surface area contributed by atoms with Crippen LogP contribution in [0.25, 0.3) is 56.4 Å². The van der Waals surface area contributed by atoms with Crippen molar-refractivity contribution in [1.82, 2.24) is 15.0 Å². The second-order valence-electron chi connectivity index (χ2n) is 12.4. The van der Waals surface area contributed by atoms with Gasteiger partial charge in [-0.3, -0.25) is 0 Å². The third-order valence-electron chi connectivity index (χ3n) is 9.22. The van der Waals surface area contributed by atoms with Gasteiger partial charge in [0.1, 0.15) is 0 Å². The van der Waals surface area contributed by atoms with Crippen LogP contribution in [-0.2, 0) is 5.41 Å². The van der Waals surface area contributed by atoms with Gasteiger partial charge in [-0.1, -0.05) is 129 Å².